The molecule has 0 radical (unpaired) electrons. The zero-order valence-electron chi connectivity index (χ0n) is 13.2. The molecule has 0 spiro atoms. The summed E-state index contributed by atoms with van der Waals surface area (Å²) >= 11 is 2.32. The minimum Gasteiger partial charge on any atom is -0.152 e. The van der Waals surface area contributed by atoms with Gasteiger partial charge in [0.05, 0.1) is 0 Å². The van der Waals surface area contributed by atoms with E-state index in [0.717, 1.165) is 45.0 Å². The second-order valence-corrected chi connectivity index (χ2v) is 10.7. The highest BCUT2D eigenvalue weighted by molar-refractivity contribution is 8.07. The van der Waals surface area contributed by atoms with Gasteiger partial charge in [-0.25, -0.2) is 0 Å². The average Bonchev–Trinajstić information content (AvgIpc) is 3.16. The molecule has 1 aliphatic heterocycles. The first-order chi connectivity index (χ1) is 9.63. The molecule has 5 aliphatic rings. The van der Waals surface area contributed by atoms with Crippen molar-refractivity contribution in [3.63, 3.8) is 0 Å². The largest absolute Gasteiger partial charge is 0.152 e. The molecule has 8 atom stereocenters. The lowest BCUT2D eigenvalue weighted by molar-refractivity contribution is -0.102. The van der Waals surface area contributed by atoms with Crippen LogP contribution in [0.3, 0.4) is 0 Å². The van der Waals surface area contributed by atoms with Crippen molar-refractivity contribution in [1.29, 1.82) is 0 Å². The third-order valence-corrected chi connectivity index (χ3v) is 10.4. The first kappa shape index (κ1) is 12.9. The normalized spacial score (nSPS) is 63.9. The van der Waals surface area contributed by atoms with Crippen molar-refractivity contribution in [2.45, 2.75) is 82.1 Å². The van der Waals surface area contributed by atoms with Crippen LogP contribution in [0.25, 0.3) is 0 Å². The third kappa shape index (κ3) is 1.47. The van der Waals surface area contributed by atoms with Crippen LogP contribution < -0.4 is 0 Å². The molecule has 4 saturated carbocycles. The van der Waals surface area contributed by atoms with Gasteiger partial charge in [-0.1, -0.05) is 26.7 Å². The fraction of sp³-hybridized carbons (Fsp3) is 1.00. The van der Waals surface area contributed by atoms with Gasteiger partial charge in [-0.05, 0) is 79.4 Å². The Morgan fingerprint density at radius 2 is 1.75 bits per heavy atom. The van der Waals surface area contributed by atoms with Gasteiger partial charge in [-0.15, -0.1) is 0 Å². The van der Waals surface area contributed by atoms with Crippen molar-refractivity contribution in [2.24, 2.45) is 34.5 Å². The summed E-state index contributed by atoms with van der Waals surface area (Å²) in [5.41, 5.74) is 1.48. The molecule has 1 heterocycles. The maximum Gasteiger partial charge on any atom is 0.0226 e. The molecule has 20 heavy (non-hydrogen) atoms. The molecule has 0 aromatic heterocycles. The molecule has 0 amide bonds. The Morgan fingerprint density at radius 1 is 0.850 bits per heavy atom. The standard InChI is InChI=1S/C19H30S/c1-18-9-4-3-5-12(18)6-7-13-14(18)8-10-19(2)15(13)11-16-17(19)20-16/h12-17H,3-11H2,1-2H3/t12-,13-,14+,15+,16?,17?,18+,19+/m1/s1. The number of rotatable bonds is 0. The predicted octanol–water partition coefficient (Wildman–Crippen LogP) is 5.51. The molecule has 4 aliphatic carbocycles. The summed E-state index contributed by atoms with van der Waals surface area (Å²) in [6, 6.07) is 0. The number of thioether (sulfide) groups is 1. The van der Waals surface area contributed by atoms with Crippen molar-refractivity contribution in [1.82, 2.24) is 0 Å². The van der Waals surface area contributed by atoms with Gasteiger partial charge in [0.1, 0.15) is 0 Å². The molecule has 0 bridgehead atoms. The molecule has 5 rings (SSSR count). The van der Waals surface area contributed by atoms with Crippen LogP contribution in [-0.2, 0) is 0 Å². The third-order valence-electron chi connectivity index (χ3n) is 8.74. The lowest BCUT2D eigenvalue weighted by atomic mass is 9.45. The molecule has 1 saturated heterocycles. The Balaban J connectivity index is 1.48. The summed E-state index contributed by atoms with van der Waals surface area (Å²) in [4.78, 5) is 0. The zero-order valence-corrected chi connectivity index (χ0v) is 14.1. The Labute approximate surface area is 128 Å². The molecular weight excluding hydrogens is 260 g/mol. The van der Waals surface area contributed by atoms with Crippen LogP contribution in [0.1, 0.15) is 71.6 Å². The second-order valence-electron chi connectivity index (χ2n) is 9.28. The predicted molar refractivity (Wildman–Crippen MR) is 86.9 cm³/mol. The number of hydrogen-bond acceptors (Lipinski definition) is 1. The first-order valence-electron chi connectivity index (χ1n) is 9.28. The summed E-state index contributed by atoms with van der Waals surface area (Å²) in [6.45, 7) is 5.38. The minimum absolute atomic E-state index is 0.739. The Morgan fingerprint density at radius 3 is 2.65 bits per heavy atom. The summed E-state index contributed by atoms with van der Waals surface area (Å²) in [5.74, 6) is 4.41. The van der Waals surface area contributed by atoms with E-state index in [1.165, 1.54) is 12.8 Å². The number of fused-ring (bicyclic) bond motifs is 7. The lowest BCUT2D eigenvalue weighted by Crippen LogP contribution is -2.52. The molecular formula is C19H30S. The number of hydrogen-bond donors (Lipinski definition) is 0. The highest BCUT2D eigenvalue weighted by atomic mass is 32.2. The van der Waals surface area contributed by atoms with Crippen molar-refractivity contribution < 1.29 is 0 Å². The fourth-order valence-corrected chi connectivity index (χ4v) is 9.22. The molecule has 1 heteroatoms. The van der Waals surface area contributed by atoms with Gasteiger partial charge in [-0.2, -0.15) is 11.8 Å². The Bertz CT molecular complexity index is 431. The van der Waals surface area contributed by atoms with Crippen LogP contribution in [0.4, 0.5) is 0 Å². The highest BCUT2D eigenvalue weighted by Crippen LogP contribution is 2.73. The van der Waals surface area contributed by atoms with Crippen molar-refractivity contribution >= 4 is 11.8 Å². The molecule has 0 aromatic carbocycles. The van der Waals surface area contributed by atoms with Crippen molar-refractivity contribution in [3.8, 4) is 0 Å². The van der Waals surface area contributed by atoms with E-state index in [1.54, 1.807) is 44.9 Å². The summed E-state index contributed by atoms with van der Waals surface area (Å²) in [6.07, 6.45) is 14.1. The van der Waals surface area contributed by atoms with Crippen molar-refractivity contribution in [2.75, 3.05) is 0 Å². The van der Waals surface area contributed by atoms with Crippen LogP contribution in [0, 0.1) is 34.5 Å². The van der Waals surface area contributed by atoms with Crippen LogP contribution in [0.5, 0.6) is 0 Å². The van der Waals surface area contributed by atoms with Crippen LogP contribution in [0.2, 0.25) is 0 Å². The average molecular weight is 291 g/mol. The monoisotopic (exact) mass is 290 g/mol. The maximum atomic E-state index is 2.71. The van der Waals surface area contributed by atoms with E-state index in [0.29, 0.717) is 0 Å². The Kier molecular flexibility index (Phi) is 2.57. The van der Waals surface area contributed by atoms with Gasteiger partial charge >= 0.3 is 0 Å². The molecule has 112 valence electrons. The molecule has 5 fully saturated rings. The van der Waals surface area contributed by atoms with Crippen LogP contribution in [0.15, 0.2) is 0 Å². The highest BCUT2D eigenvalue weighted by Gasteiger charge is 2.67. The molecule has 0 aromatic rings. The Hall–Kier alpha value is 0.350. The van der Waals surface area contributed by atoms with Gasteiger partial charge < -0.3 is 0 Å². The minimum atomic E-state index is 0.739. The van der Waals surface area contributed by atoms with E-state index in [4.69, 9.17) is 0 Å². The maximum absolute atomic E-state index is 2.71. The summed E-state index contributed by atoms with van der Waals surface area (Å²) in [7, 11) is 0. The van der Waals surface area contributed by atoms with E-state index in [-0.39, 0.29) is 0 Å². The first-order valence-corrected chi connectivity index (χ1v) is 10.2. The zero-order chi connectivity index (χ0) is 13.5. The van der Waals surface area contributed by atoms with Crippen LogP contribution in [-0.4, -0.2) is 10.5 Å². The van der Waals surface area contributed by atoms with Gasteiger partial charge in [0.25, 0.3) is 0 Å². The second kappa shape index (κ2) is 4.00. The lowest BCUT2D eigenvalue weighted by Gasteiger charge is -2.60. The van der Waals surface area contributed by atoms with Gasteiger partial charge in [0.2, 0.25) is 0 Å². The van der Waals surface area contributed by atoms with Crippen molar-refractivity contribution in [3.05, 3.63) is 0 Å². The van der Waals surface area contributed by atoms with E-state index < -0.39 is 0 Å². The topological polar surface area (TPSA) is 0 Å². The molecule has 0 nitrogen and oxygen atoms in total. The van der Waals surface area contributed by atoms with Crippen LogP contribution >= 0.6 is 11.8 Å². The van der Waals surface area contributed by atoms with E-state index in [2.05, 4.69) is 25.6 Å². The van der Waals surface area contributed by atoms with E-state index in [1.807, 2.05) is 0 Å². The quantitative estimate of drug-likeness (QED) is 0.530. The van der Waals surface area contributed by atoms with Gasteiger partial charge in [-0.3, -0.25) is 0 Å². The smallest absolute Gasteiger partial charge is 0.0226 e. The summed E-state index contributed by atoms with van der Waals surface area (Å²) in [5, 5.41) is 2.16. The van der Waals surface area contributed by atoms with Gasteiger partial charge in [0.15, 0.2) is 0 Å². The molecule has 0 N–H and O–H groups in total. The van der Waals surface area contributed by atoms with E-state index in [9.17, 15) is 0 Å². The van der Waals surface area contributed by atoms with Gasteiger partial charge in [0, 0.05) is 10.5 Å². The SMILES string of the molecule is C[C@]12CCCC[C@@H]1CC[C@@H]1[C@@H]2CC[C@]2(C)C3SC3C[C@@H]12. The fourth-order valence-electron chi connectivity index (χ4n) is 7.59. The molecule has 2 unspecified atom stereocenters. The summed E-state index contributed by atoms with van der Waals surface area (Å²) < 4.78 is 0. The van der Waals surface area contributed by atoms with E-state index >= 15 is 0 Å².